The van der Waals surface area contributed by atoms with Crippen molar-refractivity contribution in [3.05, 3.63) is 59.4 Å². The maximum atomic E-state index is 12.1. The summed E-state index contributed by atoms with van der Waals surface area (Å²) in [5, 5.41) is -0.386. The molecule has 0 spiro atoms. The van der Waals surface area contributed by atoms with Gasteiger partial charge in [-0.1, -0.05) is 36.9 Å². The molecule has 1 atom stereocenters. The zero-order valence-corrected chi connectivity index (χ0v) is 14.7. The minimum absolute atomic E-state index is 0.0875. The van der Waals surface area contributed by atoms with Gasteiger partial charge >= 0.3 is 0 Å². The number of aldehydes is 1. The predicted molar refractivity (Wildman–Crippen MR) is 97.8 cm³/mol. The number of thioether (sulfide) groups is 1. The first-order valence-corrected chi connectivity index (χ1v) is 8.84. The first-order chi connectivity index (χ1) is 12.2. The van der Waals surface area contributed by atoms with E-state index >= 15 is 0 Å². The second kappa shape index (κ2) is 9.74. The number of rotatable bonds is 10. The average molecular weight is 357 g/mol. The second-order valence-corrected chi connectivity index (χ2v) is 6.44. The molecule has 1 aromatic carbocycles. The van der Waals surface area contributed by atoms with Crippen molar-refractivity contribution in [3.8, 4) is 5.75 Å². The van der Waals surface area contributed by atoms with Crippen LogP contribution in [0.2, 0.25) is 0 Å². The molecule has 5 nitrogen and oxygen atoms in total. The number of benzene rings is 1. The van der Waals surface area contributed by atoms with Crippen molar-refractivity contribution in [1.29, 1.82) is 0 Å². The molecule has 0 aliphatic heterocycles. The molecule has 0 bridgehead atoms. The third-order valence-corrected chi connectivity index (χ3v) is 4.37. The van der Waals surface area contributed by atoms with Gasteiger partial charge in [0.25, 0.3) is 0 Å². The highest BCUT2D eigenvalue weighted by Gasteiger charge is 2.10. The molecule has 0 aliphatic carbocycles. The van der Waals surface area contributed by atoms with Crippen LogP contribution in [0, 0.1) is 0 Å². The minimum Gasteiger partial charge on any atom is -0.485 e. The van der Waals surface area contributed by atoms with Crippen molar-refractivity contribution < 1.29 is 19.1 Å². The number of aryl methyl sites for hydroxylation is 1. The summed E-state index contributed by atoms with van der Waals surface area (Å²) < 4.78 is 5.49. The van der Waals surface area contributed by atoms with Crippen LogP contribution >= 0.6 is 11.8 Å². The lowest BCUT2D eigenvalue weighted by molar-refractivity contribution is -0.107. The fraction of sp³-hybridized carbons (Fsp3) is 0.263. The number of aromatic nitrogens is 1. The van der Waals surface area contributed by atoms with Gasteiger partial charge < -0.3 is 9.53 Å². The molecule has 0 radical (unpaired) electrons. The van der Waals surface area contributed by atoms with E-state index in [1.165, 1.54) is 0 Å². The molecule has 25 heavy (non-hydrogen) atoms. The number of nitrogens with zero attached hydrogens (tertiary/aromatic N) is 1. The Morgan fingerprint density at radius 1 is 1.16 bits per heavy atom. The summed E-state index contributed by atoms with van der Waals surface area (Å²) in [5.41, 5.74) is 3.05. The van der Waals surface area contributed by atoms with E-state index in [9.17, 15) is 14.4 Å². The van der Waals surface area contributed by atoms with Gasteiger partial charge in [0.05, 0.1) is 5.25 Å². The monoisotopic (exact) mass is 357 g/mol. The largest absolute Gasteiger partial charge is 0.485 e. The quantitative estimate of drug-likeness (QED) is 0.481. The number of ketones is 1. The summed E-state index contributed by atoms with van der Waals surface area (Å²) in [5.74, 6) is 0.378. The molecule has 0 fully saturated rings. The van der Waals surface area contributed by atoms with E-state index in [1.807, 2.05) is 25.1 Å². The van der Waals surface area contributed by atoms with Crippen molar-refractivity contribution in [3.63, 3.8) is 0 Å². The van der Waals surface area contributed by atoms with Gasteiger partial charge in [-0.2, -0.15) is 0 Å². The summed E-state index contributed by atoms with van der Waals surface area (Å²) in [6, 6.07) is 10.7. The van der Waals surface area contributed by atoms with Crippen molar-refractivity contribution >= 4 is 29.4 Å². The van der Waals surface area contributed by atoms with Crippen LogP contribution in [0.3, 0.4) is 0 Å². The Balaban J connectivity index is 1.89. The van der Waals surface area contributed by atoms with E-state index < -0.39 is 0 Å². The number of carbonyl (C=O) groups excluding carboxylic acids is 3. The molecule has 1 aromatic heterocycles. The highest BCUT2D eigenvalue weighted by atomic mass is 32.2. The molecule has 1 heterocycles. The van der Waals surface area contributed by atoms with Gasteiger partial charge in [0.15, 0.2) is 12.2 Å². The fourth-order valence-electron chi connectivity index (χ4n) is 2.18. The van der Waals surface area contributed by atoms with Crippen molar-refractivity contribution in [2.24, 2.45) is 0 Å². The first-order valence-electron chi connectivity index (χ1n) is 7.90. The van der Waals surface area contributed by atoms with Crippen molar-refractivity contribution in [2.75, 3.05) is 6.61 Å². The van der Waals surface area contributed by atoms with Gasteiger partial charge in [-0.15, -0.1) is 0 Å². The van der Waals surface area contributed by atoms with Crippen LogP contribution in [-0.2, 0) is 22.4 Å². The van der Waals surface area contributed by atoms with E-state index in [-0.39, 0.29) is 17.6 Å². The smallest absolute Gasteiger partial charge is 0.218 e. The summed E-state index contributed by atoms with van der Waals surface area (Å²) in [6.07, 6.45) is 3.81. The average Bonchev–Trinajstić information content (AvgIpc) is 2.66. The van der Waals surface area contributed by atoms with E-state index in [2.05, 4.69) is 4.98 Å². The van der Waals surface area contributed by atoms with E-state index in [4.69, 9.17) is 4.74 Å². The SMILES string of the molecule is CCc1ccc(C(=O)COc2ccc(CC(C=O)SC=O)cc2)nc1. The Bertz CT molecular complexity index is 713. The highest BCUT2D eigenvalue weighted by Crippen LogP contribution is 2.17. The summed E-state index contributed by atoms with van der Waals surface area (Å²) in [6.45, 7) is 1.94. The summed E-state index contributed by atoms with van der Waals surface area (Å²) >= 11 is 0.958. The first kappa shape index (κ1) is 18.9. The molecule has 6 heteroatoms. The molecular formula is C19H19NO4S. The van der Waals surface area contributed by atoms with E-state index in [0.717, 1.165) is 35.6 Å². The Morgan fingerprint density at radius 2 is 1.88 bits per heavy atom. The Kier molecular flexibility index (Phi) is 7.35. The molecule has 130 valence electrons. The van der Waals surface area contributed by atoms with E-state index in [1.54, 1.807) is 24.4 Å². The lowest BCUT2D eigenvalue weighted by Crippen LogP contribution is -2.13. The van der Waals surface area contributed by atoms with Gasteiger partial charge in [-0.3, -0.25) is 14.6 Å². The molecule has 0 aliphatic rings. The Hall–Kier alpha value is -2.47. The molecule has 0 amide bonds. The maximum absolute atomic E-state index is 12.1. The standard InChI is InChI=1S/C19H19NO4S/c1-2-14-5-8-18(20-10-14)19(23)12-24-16-6-3-15(4-7-16)9-17(11-21)25-13-22/h3-8,10-11,13,17H,2,9,12H2,1H3. The zero-order chi connectivity index (χ0) is 18.1. The number of carbonyl (C=O) groups is 3. The van der Waals surface area contributed by atoms with Gasteiger partial charge in [-0.05, 0) is 42.2 Å². The van der Waals surface area contributed by atoms with Crippen molar-refractivity contribution in [2.45, 2.75) is 25.0 Å². The number of pyridine rings is 1. The molecule has 0 saturated heterocycles. The third kappa shape index (κ3) is 5.83. The van der Waals surface area contributed by atoms with Crippen LogP contribution < -0.4 is 4.74 Å². The Labute approximate surface area is 150 Å². The maximum Gasteiger partial charge on any atom is 0.218 e. The predicted octanol–water partition coefficient (Wildman–Crippen LogP) is 2.94. The van der Waals surface area contributed by atoms with Gasteiger partial charge in [0.2, 0.25) is 5.78 Å². The Morgan fingerprint density at radius 3 is 2.44 bits per heavy atom. The molecular weight excluding hydrogens is 338 g/mol. The van der Waals surface area contributed by atoms with Crippen LogP contribution in [0.5, 0.6) is 5.75 Å². The minimum atomic E-state index is -0.386. The summed E-state index contributed by atoms with van der Waals surface area (Å²) in [4.78, 5) is 37.6. The third-order valence-electron chi connectivity index (χ3n) is 3.63. The molecule has 0 N–H and O–H groups in total. The second-order valence-electron chi connectivity index (χ2n) is 5.37. The van der Waals surface area contributed by atoms with E-state index in [0.29, 0.717) is 23.5 Å². The number of Topliss-reactive ketones (excluding diaryl/α,β-unsaturated/α-hetero) is 1. The van der Waals surface area contributed by atoms with Crippen molar-refractivity contribution in [1.82, 2.24) is 4.98 Å². The molecule has 2 rings (SSSR count). The highest BCUT2D eigenvalue weighted by molar-refractivity contribution is 8.12. The summed E-state index contributed by atoms with van der Waals surface area (Å²) in [7, 11) is 0. The van der Waals surface area contributed by atoms with Crippen LogP contribution in [0.25, 0.3) is 0 Å². The normalized spacial score (nSPS) is 11.6. The van der Waals surface area contributed by atoms with Crippen LogP contribution in [0.4, 0.5) is 0 Å². The zero-order valence-electron chi connectivity index (χ0n) is 13.9. The molecule has 0 saturated carbocycles. The number of ether oxygens (including phenoxy) is 1. The number of hydrogen-bond donors (Lipinski definition) is 0. The molecule has 1 unspecified atom stereocenters. The van der Waals surface area contributed by atoms with Crippen LogP contribution in [0.1, 0.15) is 28.5 Å². The lowest BCUT2D eigenvalue weighted by Gasteiger charge is -2.08. The van der Waals surface area contributed by atoms with Crippen LogP contribution in [0.15, 0.2) is 42.6 Å². The van der Waals surface area contributed by atoms with Gasteiger partial charge in [0, 0.05) is 6.20 Å². The molecule has 2 aromatic rings. The number of hydrogen-bond acceptors (Lipinski definition) is 6. The topological polar surface area (TPSA) is 73.3 Å². The van der Waals surface area contributed by atoms with Gasteiger partial charge in [-0.25, -0.2) is 0 Å². The van der Waals surface area contributed by atoms with Crippen LogP contribution in [-0.4, -0.2) is 34.5 Å². The lowest BCUT2D eigenvalue weighted by atomic mass is 10.1. The van der Waals surface area contributed by atoms with Gasteiger partial charge in [0.1, 0.15) is 17.7 Å². The fourth-order valence-corrected chi connectivity index (χ4v) is 2.67.